The first-order valence-electron chi connectivity index (χ1n) is 7.94. The maximum atomic E-state index is 12.6. The highest BCUT2D eigenvalue weighted by Gasteiger charge is 2.23. The van der Waals surface area contributed by atoms with Gasteiger partial charge in [-0.1, -0.05) is 23.4 Å². The number of ketones is 1. The van der Waals surface area contributed by atoms with E-state index in [1.165, 1.54) is 18.0 Å². The number of hydrogen-bond acceptors (Lipinski definition) is 6. The van der Waals surface area contributed by atoms with Gasteiger partial charge in [-0.25, -0.2) is 14.8 Å². The van der Waals surface area contributed by atoms with Gasteiger partial charge < -0.3 is 14.7 Å². The van der Waals surface area contributed by atoms with Crippen LogP contribution in [0.3, 0.4) is 0 Å². The van der Waals surface area contributed by atoms with Crippen molar-refractivity contribution in [1.82, 2.24) is 19.9 Å². The highest BCUT2D eigenvalue weighted by Crippen LogP contribution is 2.24. The first kappa shape index (κ1) is 18.5. The zero-order valence-corrected chi connectivity index (χ0v) is 16.0. The molecule has 0 saturated heterocycles. The summed E-state index contributed by atoms with van der Waals surface area (Å²) in [6.07, 6.45) is 1.52. The van der Waals surface area contributed by atoms with E-state index in [1.54, 1.807) is 26.8 Å². The number of hydrogen-bond donors (Lipinski definition) is 2. The number of nitrogens with zero attached hydrogens (tertiary/aromatic N) is 2. The van der Waals surface area contributed by atoms with Crippen molar-refractivity contribution < 1.29 is 14.3 Å². The number of carbonyl (C=O) groups excluding carboxylic acids is 2. The normalized spacial score (nSPS) is 11.1. The van der Waals surface area contributed by atoms with Crippen LogP contribution in [-0.4, -0.2) is 44.0 Å². The van der Waals surface area contributed by atoms with Gasteiger partial charge in [-0.05, 0) is 32.4 Å². The predicted molar refractivity (Wildman–Crippen MR) is 100 cm³/mol. The molecule has 0 saturated carbocycles. The molecule has 0 spiro atoms. The van der Waals surface area contributed by atoms with Crippen LogP contribution in [0.25, 0.3) is 11.2 Å². The highest BCUT2D eigenvalue weighted by atomic mass is 35.5. The van der Waals surface area contributed by atoms with E-state index in [0.29, 0.717) is 43.9 Å². The van der Waals surface area contributed by atoms with Crippen molar-refractivity contribution >= 4 is 46.3 Å². The van der Waals surface area contributed by atoms with E-state index in [1.807, 2.05) is 0 Å². The Labute approximate surface area is 158 Å². The van der Waals surface area contributed by atoms with Crippen LogP contribution >= 0.6 is 23.4 Å². The van der Waals surface area contributed by atoms with E-state index in [0.717, 1.165) is 0 Å². The van der Waals surface area contributed by atoms with Crippen LogP contribution in [0.2, 0.25) is 5.02 Å². The van der Waals surface area contributed by atoms with Crippen LogP contribution in [0, 0.1) is 13.8 Å². The smallest absolute Gasteiger partial charge is 0.340 e. The molecule has 0 bridgehead atoms. The Morgan fingerprint density at radius 1 is 1.31 bits per heavy atom. The molecule has 0 atom stereocenters. The van der Waals surface area contributed by atoms with Crippen molar-refractivity contribution in [3.63, 3.8) is 0 Å². The number of thioether (sulfide) groups is 1. The third-order valence-corrected chi connectivity index (χ3v) is 4.90. The first-order valence-corrected chi connectivity index (χ1v) is 9.30. The molecule has 2 N–H and O–H groups in total. The topological polar surface area (TPSA) is 101 Å². The van der Waals surface area contributed by atoms with Crippen LogP contribution in [0.15, 0.2) is 17.4 Å². The molecule has 3 rings (SSSR count). The lowest BCUT2D eigenvalue weighted by molar-refractivity contribution is 0.0525. The summed E-state index contributed by atoms with van der Waals surface area (Å²) in [5.41, 5.74) is 3.31. The second kappa shape index (κ2) is 7.51. The third kappa shape index (κ3) is 3.61. The summed E-state index contributed by atoms with van der Waals surface area (Å²) in [5, 5.41) is 1.09. The number of nitrogens with one attached hydrogen (secondary N) is 2. The number of carbonyl (C=O) groups is 2. The lowest BCUT2D eigenvalue weighted by Gasteiger charge is -2.02. The maximum absolute atomic E-state index is 12.6. The Morgan fingerprint density at radius 3 is 2.81 bits per heavy atom. The van der Waals surface area contributed by atoms with Gasteiger partial charge in [0.25, 0.3) is 0 Å². The van der Waals surface area contributed by atoms with Crippen molar-refractivity contribution in [2.75, 3.05) is 12.4 Å². The van der Waals surface area contributed by atoms with Gasteiger partial charge in [0, 0.05) is 11.9 Å². The number of esters is 1. The molecule has 0 fully saturated rings. The molecule has 7 nitrogen and oxygen atoms in total. The van der Waals surface area contributed by atoms with Crippen molar-refractivity contribution in [3.05, 3.63) is 39.8 Å². The van der Waals surface area contributed by atoms with E-state index in [4.69, 9.17) is 16.3 Å². The van der Waals surface area contributed by atoms with Crippen LogP contribution in [0.5, 0.6) is 0 Å². The van der Waals surface area contributed by atoms with Crippen LogP contribution in [-0.2, 0) is 4.74 Å². The van der Waals surface area contributed by atoms with Gasteiger partial charge in [0.05, 0.1) is 34.2 Å². The van der Waals surface area contributed by atoms with Gasteiger partial charge in [0.1, 0.15) is 0 Å². The molecule has 0 aliphatic rings. The number of ether oxygens (including phenoxy) is 1. The Morgan fingerprint density at radius 2 is 2.08 bits per heavy atom. The van der Waals surface area contributed by atoms with Gasteiger partial charge in [-0.15, -0.1) is 0 Å². The summed E-state index contributed by atoms with van der Waals surface area (Å²) >= 11 is 7.17. The average Bonchev–Trinajstić information content (AvgIpc) is 3.12. The number of halogens is 1. The zero-order chi connectivity index (χ0) is 18.8. The van der Waals surface area contributed by atoms with Crippen molar-refractivity contribution in [1.29, 1.82) is 0 Å². The molecule has 0 radical (unpaired) electrons. The summed E-state index contributed by atoms with van der Waals surface area (Å²) in [6, 6.07) is 1.73. The molecule has 9 heteroatoms. The molecular weight excluding hydrogens is 376 g/mol. The van der Waals surface area contributed by atoms with Crippen molar-refractivity contribution in [3.8, 4) is 0 Å². The van der Waals surface area contributed by atoms with E-state index >= 15 is 0 Å². The van der Waals surface area contributed by atoms with E-state index in [2.05, 4.69) is 19.9 Å². The maximum Gasteiger partial charge on any atom is 0.340 e. The number of aryl methyl sites for hydroxylation is 1. The largest absolute Gasteiger partial charge is 0.462 e. The van der Waals surface area contributed by atoms with Gasteiger partial charge in [-0.3, -0.25) is 4.79 Å². The summed E-state index contributed by atoms with van der Waals surface area (Å²) in [6.45, 7) is 5.51. The molecule has 3 aromatic heterocycles. The Bertz CT molecular complexity index is 995. The quantitative estimate of drug-likeness (QED) is 0.376. The summed E-state index contributed by atoms with van der Waals surface area (Å²) in [7, 11) is 0. The number of aromatic nitrogens is 4. The molecule has 136 valence electrons. The molecule has 0 aliphatic heterocycles. The van der Waals surface area contributed by atoms with Gasteiger partial charge in [-0.2, -0.15) is 0 Å². The fourth-order valence-electron chi connectivity index (χ4n) is 2.67. The van der Waals surface area contributed by atoms with Crippen molar-refractivity contribution in [2.45, 2.75) is 25.9 Å². The second-order valence-electron chi connectivity index (χ2n) is 5.62. The molecular formula is C17H17ClN4O3S. The Balaban J connectivity index is 1.75. The summed E-state index contributed by atoms with van der Waals surface area (Å²) in [5.74, 6) is -0.389. The van der Waals surface area contributed by atoms with Gasteiger partial charge in [0.2, 0.25) is 0 Å². The molecule has 3 heterocycles. The number of aromatic amines is 2. The lowest BCUT2D eigenvalue weighted by atomic mass is 10.1. The molecule has 0 unspecified atom stereocenters. The summed E-state index contributed by atoms with van der Waals surface area (Å²) in [4.78, 5) is 39.1. The highest BCUT2D eigenvalue weighted by molar-refractivity contribution is 7.99. The van der Waals surface area contributed by atoms with Gasteiger partial charge in [0.15, 0.2) is 16.6 Å². The number of fused-ring (bicyclic) bond motifs is 1. The SMILES string of the molecule is CCOC(=O)c1c(C)[nH]c(C(=O)CSc2nc3ncc(Cl)cc3[nH]2)c1C. The Kier molecular flexibility index (Phi) is 5.33. The monoisotopic (exact) mass is 392 g/mol. The van der Waals surface area contributed by atoms with E-state index in [-0.39, 0.29) is 18.1 Å². The number of pyridine rings is 1. The summed E-state index contributed by atoms with van der Waals surface area (Å²) < 4.78 is 5.05. The minimum absolute atomic E-state index is 0.127. The van der Waals surface area contributed by atoms with Crippen LogP contribution in [0.4, 0.5) is 0 Å². The average molecular weight is 393 g/mol. The number of imidazole rings is 1. The molecule has 0 amide bonds. The third-order valence-electron chi connectivity index (χ3n) is 3.82. The fraction of sp³-hybridized carbons (Fsp3) is 0.294. The molecule has 0 aromatic carbocycles. The molecule has 26 heavy (non-hydrogen) atoms. The standard InChI is InChI=1S/C17H17ClN4O3S/c1-4-25-16(24)13-8(2)14(20-9(13)3)12(23)7-26-17-21-11-5-10(18)6-19-15(11)22-17/h5-6,20H,4,7H2,1-3H3,(H,19,21,22). The lowest BCUT2D eigenvalue weighted by Crippen LogP contribution is -2.08. The van der Waals surface area contributed by atoms with Gasteiger partial charge >= 0.3 is 5.97 Å². The second-order valence-corrected chi connectivity index (χ2v) is 7.02. The van der Waals surface area contributed by atoms with Crippen LogP contribution in [0.1, 0.15) is 39.0 Å². The number of rotatable bonds is 6. The minimum Gasteiger partial charge on any atom is -0.462 e. The molecule has 3 aromatic rings. The van der Waals surface area contributed by atoms with E-state index < -0.39 is 5.97 Å². The Hall–Kier alpha value is -2.32. The number of Topliss-reactive ketones (excluding diaryl/α,β-unsaturated/α-hetero) is 1. The first-order chi connectivity index (χ1) is 12.4. The fourth-order valence-corrected chi connectivity index (χ4v) is 3.57. The molecule has 0 aliphatic carbocycles. The minimum atomic E-state index is -0.425. The van der Waals surface area contributed by atoms with Crippen molar-refractivity contribution in [2.24, 2.45) is 0 Å². The zero-order valence-electron chi connectivity index (χ0n) is 14.5. The van der Waals surface area contributed by atoms with Crippen LogP contribution < -0.4 is 0 Å². The number of H-pyrrole nitrogens is 2. The predicted octanol–water partition coefficient (Wildman–Crippen LogP) is 3.71. The van der Waals surface area contributed by atoms with E-state index in [9.17, 15) is 9.59 Å².